The van der Waals surface area contributed by atoms with Gasteiger partial charge in [-0.25, -0.2) is 4.79 Å². The van der Waals surface area contributed by atoms with Gasteiger partial charge in [-0.15, -0.1) is 0 Å². The van der Waals surface area contributed by atoms with Crippen LogP contribution >= 0.6 is 0 Å². The number of rotatable bonds is 7. The van der Waals surface area contributed by atoms with Crippen LogP contribution in [0.3, 0.4) is 0 Å². The Bertz CT molecular complexity index is 858. The summed E-state index contributed by atoms with van der Waals surface area (Å²) in [6, 6.07) is 1.13. The molecule has 2 saturated heterocycles. The van der Waals surface area contributed by atoms with Gasteiger partial charge in [-0.3, -0.25) is 9.69 Å². The van der Waals surface area contributed by atoms with E-state index in [4.69, 9.17) is 0 Å². The van der Waals surface area contributed by atoms with Gasteiger partial charge in [0.1, 0.15) is 0 Å². The summed E-state index contributed by atoms with van der Waals surface area (Å²) in [6.07, 6.45) is 3.61. The van der Waals surface area contributed by atoms with Crippen LogP contribution in [0.25, 0.3) is 0 Å². The molecule has 6 nitrogen and oxygen atoms in total. The van der Waals surface area contributed by atoms with E-state index in [1.807, 2.05) is 4.90 Å². The zero-order valence-corrected chi connectivity index (χ0v) is 26.4. The van der Waals surface area contributed by atoms with Crippen LogP contribution < -0.4 is 5.32 Å². The number of urea groups is 1. The van der Waals surface area contributed by atoms with Gasteiger partial charge in [-0.05, 0) is 76.0 Å². The number of hydrogen-bond donors (Lipinski definition) is 1. The van der Waals surface area contributed by atoms with Crippen LogP contribution in [0.15, 0.2) is 0 Å². The van der Waals surface area contributed by atoms with Crippen molar-refractivity contribution >= 4 is 11.9 Å². The van der Waals surface area contributed by atoms with Crippen LogP contribution in [-0.4, -0.2) is 69.6 Å². The second-order valence-electron chi connectivity index (χ2n) is 16.0. The Hall–Kier alpha value is -1.30. The molecule has 1 N–H and O–H groups in total. The molecular weight excluding hydrogens is 460 g/mol. The Kier molecular flexibility index (Phi) is 8.19. The number of nitrogens with zero attached hydrogens (tertiary/aromatic N) is 3. The molecule has 5 unspecified atom stereocenters. The summed E-state index contributed by atoms with van der Waals surface area (Å²) in [6.45, 7) is 31.1. The Balaban J connectivity index is 1.79. The highest BCUT2D eigenvalue weighted by atomic mass is 16.2. The first kappa shape index (κ1) is 30.2. The van der Waals surface area contributed by atoms with E-state index < -0.39 is 0 Å². The predicted molar refractivity (Wildman–Crippen MR) is 153 cm³/mol. The minimum atomic E-state index is -0.247. The van der Waals surface area contributed by atoms with Gasteiger partial charge in [0.05, 0.1) is 6.67 Å². The second-order valence-corrected chi connectivity index (χ2v) is 16.0. The molecule has 3 rings (SSSR count). The second kappa shape index (κ2) is 10.0. The fourth-order valence-electron chi connectivity index (χ4n) is 7.63. The monoisotopic (exact) mass is 518 g/mol. The summed E-state index contributed by atoms with van der Waals surface area (Å²) in [4.78, 5) is 33.4. The third-order valence-corrected chi connectivity index (χ3v) is 10.5. The van der Waals surface area contributed by atoms with Gasteiger partial charge >= 0.3 is 6.03 Å². The first-order valence-corrected chi connectivity index (χ1v) is 14.8. The molecule has 0 radical (unpaired) electrons. The van der Waals surface area contributed by atoms with E-state index in [0.29, 0.717) is 31.0 Å². The Morgan fingerprint density at radius 3 is 2.11 bits per heavy atom. The average molecular weight is 519 g/mol. The fraction of sp³-hybridized carbons (Fsp3) is 0.935. The van der Waals surface area contributed by atoms with Gasteiger partial charge in [-0.1, -0.05) is 55.4 Å². The lowest BCUT2D eigenvalue weighted by atomic mass is 9.74. The van der Waals surface area contributed by atoms with Crippen molar-refractivity contribution in [3.8, 4) is 0 Å². The van der Waals surface area contributed by atoms with Crippen molar-refractivity contribution in [2.75, 3.05) is 13.2 Å². The van der Waals surface area contributed by atoms with Crippen molar-refractivity contribution in [3.63, 3.8) is 0 Å². The van der Waals surface area contributed by atoms with Crippen LogP contribution in [-0.2, 0) is 4.79 Å². The van der Waals surface area contributed by atoms with Crippen molar-refractivity contribution in [1.82, 2.24) is 20.0 Å². The molecule has 5 atom stereocenters. The molecule has 37 heavy (non-hydrogen) atoms. The molecule has 2 heterocycles. The lowest BCUT2D eigenvalue weighted by Gasteiger charge is -2.54. The first-order valence-electron chi connectivity index (χ1n) is 14.8. The average Bonchev–Trinajstić information content (AvgIpc) is 2.95. The first-order chi connectivity index (χ1) is 16.7. The summed E-state index contributed by atoms with van der Waals surface area (Å²) in [7, 11) is 0. The lowest BCUT2D eigenvalue weighted by molar-refractivity contribution is -0.157. The van der Waals surface area contributed by atoms with Gasteiger partial charge < -0.3 is 15.1 Å². The summed E-state index contributed by atoms with van der Waals surface area (Å²) in [5, 5.41) is 3.44. The molecule has 0 aromatic carbocycles. The minimum Gasteiger partial charge on any atom is -0.334 e. The highest BCUT2D eigenvalue weighted by molar-refractivity contribution is 5.78. The van der Waals surface area contributed by atoms with Crippen molar-refractivity contribution in [1.29, 1.82) is 0 Å². The zero-order chi connectivity index (χ0) is 28.3. The third-order valence-electron chi connectivity index (χ3n) is 10.5. The molecular formula is C31H58N4O2. The van der Waals surface area contributed by atoms with Crippen LogP contribution in [0.4, 0.5) is 4.79 Å². The molecule has 0 bridgehead atoms. The number of carbonyl (C=O) groups excluding carboxylic acids is 2. The maximum absolute atomic E-state index is 13.6. The maximum atomic E-state index is 13.6. The smallest absolute Gasteiger partial charge is 0.317 e. The molecule has 3 aliphatic rings. The predicted octanol–water partition coefficient (Wildman–Crippen LogP) is 6.35. The van der Waals surface area contributed by atoms with Crippen molar-refractivity contribution in [2.24, 2.45) is 28.1 Å². The molecule has 1 saturated carbocycles. The quantitative estimate of drug-likeness (QED) is 0.427. The molecule has 6 heteroatoms. The Morgan fingerprint density at radius 2 is 1.59 bits per heavy atom. The minimum absolute atomic E-state index is 0.0157. The lowest BCUT2D eigenvalue weighted by Crippen LogP contribution is -2.65. The van der Waals surface area contributed by atoms with E-state index in [1.54, 1.807) is 0 Å². The molecule has 214 valence electrons. The van der Waals surface area contributed by atoms with Gasteiger partial charge in [0.25, 0.3) is 0 Å². The maximum Gasteiger partial charge on any atom is 0.317 e. The molecule has 2 aliphatic heterocycles. The number of hydrogen-bond acceptors (Lipinski definition) is 3. The Morgan fingerprint density at radius 1 is 1.00 bits per heavy atom. The largest absolute Gasteiger partial charge is 0.334 e. The van der Waals surface area contributed by atoms with Crippen molar-refractivity contribution < 1.29 is 9.59 Å². The van der Waals surface area contributed by atoms with E-state index in [0.717, 1.165) is 25.8 Å². The summed E-state index contributed by atoms with van der Waals surface area (Å²) in [5.74, 6) is 1.25. The Labute approximate surface area is 228 Å². The van der Waals surface area contributed by atoms with Gasteiger partial charge in [-0.2, -0.15) is 0 Å². The molecule has 0 spiro atoms. The van der Waals surface area contributed by atoms with E-state index in [9.17, 15) is 9.59 Å². The van der Waals surface area contributed by atoms with Gasteiger partial charge in [0.2, 0.25) is 5.91 Å². The van der Waals surface area contributed by atoms with Crippen LogP contribution in [0.1, 0.15) is 116 Å². The van der Waals surface area contributed by atoms with E-state index in [1.165, 1.54) is 0 Å². The number of nitrogens with one attached hydrogen (secondary N) is 1. The normalized spacial score (nSPS) is 32.2. The molecule has 0 aromatic rings. The van der Waals surface area contributed by atoms with E-state index >= 15 is 0 Å². The van der Waals surface area contributed by atoms with Gasteiger partial charge in [0.15, 0.2) is 0 Å². The van der Waals surface area contributed by atoms with Gasteiger partial charge in [0, 0.05) is 48.6 Å². The molecule has 1 aliphatic carbocycles. The van der Waals surface area contributed by atoms with E-state index in [2.05, 4.69) is 105 Å². The molecule has 3 amide bonds. The third kappa shape index (κ3) is 5.84. The molecule has 0 aromatic heterocycles. The SMILES string of the molecule is CC(C)C(C)N1CN(C(C)(C)CCC2(C)CC(C)(C)C3CN(C(C)C)C(=O)NC32)C(=O)CC1C(C)(C)C. The van der Waals surface area contributed by atoms with Crippen LogP contribution in [0.2, 0.25) is 0 Å². The summed E-state index contributed by atoms with van der Waals surface area (Å²) in [5.41, 5.74) is -0.0184. The van der Waals surface area contributed by atoms with Crippen molar-refractivity contribution in [3.05, 3.63) is 0 Å². The highest BCUT2D eigenvalue weighted by Crippen LogP contribution is 2.57. The summed E-state index contributed by atoms with van der Waals surface area (Å²) < 4.78 is 0. The number of fused-ring (bicyclic) bond motifs is 1. The standard InChI is InChI=1S/C31H58N4O2/c1-20(2)22(5)34-19-35(25(36)16-24(34)28(6,7)8)30(11,12)14-15-31(13)18-29(9,10)23-17-33(21(3)4)27(37)32-26(23)31/h20-24,26H,14-19H2,1-13H3,(H,32,37). The van der Waals surface area contributed by atoms with Crippen molar-refractivity contribution in [2.45, 2.75) is 145 Å². The molecule has 3 fully saturated rings. The topological polar surface area (TPSA) is 55.9 Å². The van der Waals surface area contributed by atoms with Crippen LogP contribution in [0.5, 0.6) is 0 Å². The fourth-order valence-corrected chi connectivity index (χ4v) is 7.63. The zero-order valence-electron chi connectivity index (χ0n) is 26.4. The highest BCUT2D eigenvalue weighted by Gasteiger charge is 2.58. The summed E-state index contributed by atoms with van der Waals surface area (Å²) >= 11 is 0. The van der Waals surface area contributed by atoms with Crippen LogP contribution in [0, 0.1) is 28.1 Å². The van der Waals surface area contributed by atoms with E-state index in [-0.39, 0.29) is 51.8 Å². The number of amides is 3. The number of carbonyl (C=O) groups is 2.